The van der Waals surface area contributed by atoms with Crippen molar-refractivity contribution in [2.75, 3.05) is 36.4 Å². The standard InChI is InChI=1S/C19H19Cl2N3O2/c1-13(25)14-5-7-15(8-6-14)23-9-11-24(12-10-23)19(26)22-17-4-2-3-16(20)18(17)21/h2-8H,9-12H2,1H3,(H,22,26). The zero-order valence-electron chi connectivity index (χ0n) is 14.3. The zero-order chi connectivity index (χ0) is 18.7. The van der Waals surface area contributed by atoms with E-state index in [1.54, 1.807) is 30.0 Å². The fourth-order valence-electron chi connectivity index (χ4n) is 2.87. The summed E-state index contributed by atoms with van der Waals surface area (Å²) in [5.74, 6) is 0.0534. The topological polar surface area (TPSA) is 52.7 Å². The van der Waals surface area contributed by atoms with Gasteiger partial charge < -0.3 is 15.1 Å². The fraction of sp³-hybridized carbons (Fsp3) is 0.263. The van der Waals surface area contributed by atoms with Gasteiger partial charge in [0.05, 0.1) is 15.7 Å². The van der Waals surface area contributed by atoms with Gasteiger partial charge in [-0.3, -0.25) is 4.79 Å². The summed E-state index contributed by atoms with van der Waals surface area (Å²) in [6, 6.07) is 12.5. The van der Waals surface area contributed by atoms with E-state index in [2.05, 4.69) is 10.2 Å². The van der Waals surface area contributed by atoms with Crippen molar-refractivity contribution >= 4 is 46.4 Å². The average molecular weight is 392 g/mol. The van der Waals surface area contributed by atoms with Crippen LogP contribution >= 0.6 is 23.2 Å². The molecule has 1 aliphatic heterocycles. The molecule has 26 heavy (non-hydrogen) atoms. The Labute approximate surface area is 162 Å². The van der Waals surface area contributed by atoms with Crippen LogP contribution in [0, 0.1) is 0 Å². The molecule has 3 rings (SSSR count). The summed E-state index contributed by atoms with van der Waals surface area (Å²) >= 11 is 12.1. The zero-order valence-corrected chi connectivity index (χ0v) is 15.8. The molecule has 2 amide bonds. The van der Waals surface area contributed by atoms with Crippen LogP contribution in [-0.4, -0.2) is 42.9 Å². The van der Waals surface area contributed by atoms with Crippen molar-refractivity contribution < 1.29 is 9.59 Å². The molecule has 5 nitrogen and oxygen atoms in total. The third kappa shape index (κ3) is 4.11. The summed E-state index contributed by atoms with van der Waals surface area (Å²) in [5, 5.41) is 3.56. The summed E-state index contributed by atoms with van der Waals surface area (Å²) in [5.41, 5.74) is 2.25. The molecule has 0 atom stereocenters. The van der Waals surface area contributed by atoms with Gasteiger partial charge >= 0.3 is 6.03 Å². The molecule has 0 spiro atoms. The lowest BCUT2D eigenvalue weighted by molar-refractivity contribution is 0.101. The third-order valence-electron chi connectivity index (χ3n) is 4.40. The second-order valence-corrected chi connectivity index (χ2v) is 6.89. The number of anilines is 2. The molecule has 0 radical (unpaired) electrons. The first-order valence-corrected chi connectivity index (χ1v) is 9.07. The lowest BCUT2D eigenvalue weighted by Crippen LogP contribution is -2.50. The summed E-state index contributed by atoms with van der Waals surface area (Å²) in [4.78, 5) is 27.8. The number of benzene rings is 2. The minimum absolute atomic E-state index is 0.0534. The molecular weight excluding hydrogens is 373 g/mol. The lowest BCUT2D eigenvalue weighted by Gasteiger charge is -2.36. The van der Waals surface area contributed by atoms with Crippen LogP contribution in [-0.2, 0) is 0 Å². The van der Waals surface area contributed by atoms with Crippen molar-refractivity contribution in [3.8, 4) is 0 Å². The van der Waals surface area contributed by atoms with Gasteiger partial charge in [0.15, 0.2) is 5.78 Å². The number of nitrogens with zero attached hydrogens (tertiary/aromatic N) is 2. The fourth-order valence-corrected chi connectivity index (χ4v) is 3.22. The number of hydrogen-bond acceptors (Lipinski definition) is 3. The molecule has 0 bridgehead atoms. The van der Waals surface area contributed by atoms with Crippen molar-refractivity contribution in [3.05, 3.63) is 58.1 Å². The molecule has 1 aliphatic rings. The molecule has 1 N–H and O–H groups in total. The van der Waals surface area contributed by atoms with Crippen LogP contribution in [0.2, 0.25) is 10.0 Å². The highest BCUT2D eigenvalue weighted by Gasteiger charge is 2.22. The molecule has 0 aliphatic carbocycles. The molecule has 1 saturated heterocycles. The van der Waals surface area contributed by atoms with Crippen molar-refractivity contribution in [1.82, 2.24) is 4.90 Å². The number of carbonyl (C=O) groups is 2. The number of hydrogen-bond donors (Lipinski definition) is 1. The van der Waals surface area contributed by atoms with E-state index in [1.807, 2.05) is 24.3 Å². The summed E-state index contributed by atoms with van der Waals surface area (Å²) in [6.45, 7) is 4.18. The Morgan fingerprint density at radius 3 is 2.23 bits per heavy atom. The summed E-state index contributed by atoms with van der Waals surface area (Å²) in [6.07, 6.45) is 0. The SMILES string of the molecule is CC(=O)c1ccc(N2CCN(C(=O)Nc3cccc(Cl)c3Cl)CC2)cc1. The minimum Gasteiger partial charge on any atom is -0.368 e. The predicted molar refractivity (Wildman–Crippen MR) is 106 cm³/mol. The molecule has 0 aromatic heterocycles. The molecule has 2 aromatic carbocycles. The number of halogens is 2. The highest BCUT2D eigenvalue weighted by Crippen LogP contribution is 2.29. The van der Waals surface area contributed by atoms with Crippen LogP contribution in [0.5, 0.6) is 0 Å². The molecule has 1 fully saturated rings. The maximum atomic E-state index is 12.5. The average Bonchev–Trinajstić information content (AvgIpc) is 2.65. The molecule has 136 valence electrons. The number of ketones is 1. The minimum atomic E-state index is -0.194. The smallest absolute Gasteiger partial charge is 0.322 e. The number of amides is 2. The van der Waals surface area contributed by atoms with Crippen LogP contribution in [0.4, 0.5) is 16.2 Å². The molecule has 0 saturated carbocycles. The van der Waals surface area contributed by atoms with E-state index in [9.17, 15) is 9.59 Å². The maximum absolute atomic E-state index is 12.5. The summed E-state index contributed by atoms with van der Waals surface area (Å²) in [7, 11) is 0. The highest BCUT2D eigenvalue weighted by molar-refractivity contribution is 6.43. The van der Waals surface area contributed by atoms with Crippen LogP contribution in [0.15, 0.2) is 42.5 Å². The maximum Gasteiger partial charge on any atom is 0.322 e. The van der Waals surface area contributed by atoms with Crippen molar-refractivity contribution in [3.63, 3.8) is 0 Å². The predicted octanol–water partition coefficient (Wildman–Crippen LogP) is 4.55. The third-order valence-corrected chi connectivity index (χ3v) is 5.22. The van der Waals surface area contributed by atoms with Crippen LogP contribution in [0.25, 0.3) is 0 Å². The first-order valence-electron chi connectivity index (χ1n) is 8.31. The van der Waals surface area contributed by atoms with E-state index in [4.69, 9.17) is 23.2 Å². The summed E-state index contributed by atoms with van der Waals surface area (Å²) < 4.78 is 0. The van der Waals surface area contributed by atoms with Gasteiger partial charge in [0.1, 0.15) is 0 Å². The quantitative estimate of drug-likeness (QED) is 0.780. The Morgan fingerprint density at radius 1 is 0.962 bits per heavy atom. The first kappa shape index (κ1) is 18.5. The van der Waals surface area contributed by atoms with Crippen LogP contribution in [0.3, 0.4) is 0 Å². The van der Waals surface area contributed by atoms with Crippen molar-refractivity contribution in [2.24, 2.45) is 0 Å². The van der Waals surface area contributed by atoms with Gasteiger partial charge in [-0.25, -0.2) is 4.79 Å². The molecule has 1 heterocycles. The van der Waals surface area contributed by atoms with E-state index < -0.39 is 0 Å². The van der Waals surface area contributed by atoms with Gasteiger partial charge in [0.25, 0.3) is 0 Å². The van der Waals surface area contributed by atoms with Gasteiger partial charge in [0, 0.05) is 37.4 Å². The highest BCUT2D eigenvalue weighted by atomic mass is 35.5. The van der Waals surface area contributed by atoms with E-state index in [0.717, 1.165) is 18.8 Å². The molecule has 0 unspecified atom stereocenters. The van der Waals surface area contributed by atoms with Crippen LogP contribution in [0.1, 0.15) is 17.3 Å². The lowest BCUT2D eigenvalue weighted by atomic mass is 10.1. The Kier molecular flexibility index (Phi) is 5.69. The van der Waals surface area contributed by atoms with Gasteiger partial charge in [-0.2, -0.15) is 0 Å². The second-order valence-electron chi connectivity index (χ2n) is 6.11. The molecule has 7 heteroatoms. The molecule has 2 aromatic rings. The molecular formula is C19H19Cl2N3O2. The van der Waals surface area contributed by atoms with E-state index in [1.165, 1.54) is 0 Å². The Bertz CT molecular complexity index is 816. The first-order chi connectivity index (χ1) is 12.5. The van der Waals surface area contributed by atoms with Crippen molar-refractivity contribution in [1.29, 1.82) is 0 Å². The normalized spacial score (nSPS) is 14.3. The Balaban J connectivity index is 1.58. The largest absolute Gasteiger partial charge is 0.368 e. The number of piperazine rings is 1. The van der Waals surface area contributed by atoms with Gasteiger partial charge in [-0.05, 0) is 43.3 Å². The van der Waals surface area contributed by atoms with Gasteiger partial charge in [-0.15, -0.1) is 0 Å². The Hall–Kier alpha value is -2.24. The number of carbonyl (C=O) groups excluding carboxylic acids is 2. The van der Waals surface area contributed by atoms with E-state index >= 15 is 0 Å². The number of urea groups is 1. The number of rotatable bonds is 3. The van der Waals surface area contributed by atoms with Gasteiger partial charge in [-0.1, -0.05) is 29.3 Å². The monoisotopic (exact) mass is 391 g/mol. The van der Waals surface area contributed by atoms with E-state index in [0.29, 0.717) is 34.4 Å². The number of Topliss-reactive ketones (excluding diaryl/α,β-unsaturated/α-hetero) is 1. The second kappa shape index (κ2) is 7.98. The van der Waals surface area contributed by atoms with Gasteiger partial charge in [0.2, 0.25) is 0 Å². The van der Waals surface area contributed by atoms with E-state index in [-0.39, 0.29) is 11.8 Å². The Morgan fingerprint density at radius 2 is 1.62 bits per heavy atom. The van der Waals surface area contributed by atoms with Crippen LogP contribution < -0.4 is 10.2 Å². The van der Waals surface area contributed by atoms with Crippen molar-refractivity contribution in [2.45, 2.75) is 6.92 Å². The number of nitrogens with one attached hydrogen (secondary N) is 1.